The molecule has 0 amide bonds. The molecule has 0 aliphatic carbocycles. The molecule has 3 heterocycles. The molecule has 3 nitrogen and oxygen atoms in total. The molecule has 0 aliphatic heterocycles. The van der Waals surface area contributed by atoms with E-state index in [2.05, 4.69) is 165 Å². The molecule has 0 unspecified atom stereocenters. The first-order valence-electron chi connectivity index (χ1n) is 18.7. The van der Waals surface area contributed by atoms with Crippen LogP contribution >= 0.6 is 0 Å². The van der Waals surface area contributed by atoms with Crippen molar-refractivity contribution < 1.29 is 24.5 Å². The molecule has 1 radical (unpaired) electrons. The maximum atomic E-state index is 6.52. The van der Waals surface area contributed by atoms with Gasteiger partial charge in [-0.1, -0.05) is 168 Å². The van der Waals surface area contributed by atoms with Gasteiger partial charge in [-0.15, -0.1) is 42.0 Å². The van der Waals surface area contributed by atoms with Gasteiger partial charge in [0, 0.05) is 43.3 Å². The Morgan fingerprint density at radius 2 is 1.20 bits per heavy atom. The second kappa shape index (κ2) is 14.7. The van der Waals surface area contributed by atoms with Gasteiger partial charge in [-0.25, -0.2) is 0 Å². The number of hydrogen-bond donors (Lipinski definition) is 0. The van der Waals surface area contributed by atoms with Gasteiger partial charge in [0.15, 0.2) is 0 Å². The average molecular weight is 905 g/mol. The molecule has 0 bridgehead atoms. The van der Waals surface area contributed by atoms with Crippen LogP contribution in [0, 0.1) is 12.1 Å². The summed E-state index contributed by atoms with van der Waals surface area (Å²) in [5.41, 5.74) is 6.91. The van der Waals surface area contributed by atoms with E-state index in [1.807, 2.05) is 36.7 Å². The molecular weight excluding hydrogens is 865 g/mol. The van der Waals surface area contributed by atoms with Crippen molar-refractivity contribution in [2.24, 2.45) is 0 Å². The first-order chi connectivity index (χ1) is 26.2. The first kappa shape index (κ1) is 36.5. The minimum atomic E-state index is -1.36. The summed E-state index contributed by atoms with van der Waals surface area (Å²) in [6, 6.07) is 53.9. The van der Waals surface area contributed by atoms with E-state index in [1.54, 1.807) is 0 Å². The van der Waals surface area contributed by atoms with Crippen molar-refractivity contribution in [2.75, 3.05) is 0 Å². The molecule has 0 spiro atoms. The van der Waals surface area contributed by atoms with E-state index in [0.717, 1.165) is 44.5 Å². The molecule has 0 saturated carbocycles. The molecule has 7 aromatic carbocycles. The van der Waals surface area contributed by atoms with Crippen molar-refractivity contribution >= 4 is 78.3 Å². The zero-order valence-corrected chi connectivity index (χ0v) is 35.0. The van der Waals surface area contributed by atoms with Gasteiger partial charge in [0.1, 0.15) is 5.58 Å². The fourth-order valence-electron chi connectivity index (χ4n) is 7.64. The maximum absolute atomic E-state index is 6.52. The molecule has 55 heavy (non-hydrogen) atoms. The monoisotopic (exact) mass is 905 g/mol. The Morgan fingerprint density at radius 3 is 1.89 bits per heavy atom. The summed E-state index contributed by atoms with van der Waals surface area (Å²) < 4.78 is 6.52. The van der Waals surface area contributed by atoms with Crippen molar-refractivity contribution in [3.05, 3.63) is 164 Å². The summed E-state index contributed by atoms with van der Waals surface area (Å²) in [6.07, 6.45) is 3.71. The summed E-state index contributed by atoms with van der Waals surface area (Å²) in [5, 5.41) is 13.8. The quantitative estimate of drug-likeness (QED) is 0.100. The van der Waals surface area contributed by atoms with Crippen molar-refractivity contribution in [3.63, 3.8) is 0 Å². The second-order valence-corrected chi connectivity index (χ2v) is 20.5. The van der Waals surface area contributed by atoms with Crippen LogP contribution in [0.2, 0.25) is 19.6 Å². The van der Waals surface area contributed by atoms with Gasteiger partial charge in [-0.3, -0.25) is 0 Å². The Labute approximate surface area is 336 Å². The van der Waals surface area contributed by atoms with Crippen LogP contribution in [0.5, 0.6) is 0 Å². The number of aromatic nitrogens is 2. The first-order valence-corrected chi connectivity index (χ1v) is 22.2. The van der Waals surface area contributed by atoms with Crippen molar-refractivity contribution in [1.29, 1.82) is 0 Å². The van der Waals surface area contributed by atoms with E-state index in [-0.39, 0.29) is 20.1 Å². The molecule has 0 atom stereocenters. The van der Waals surface area contributed by atoms with Crippen LogP contribution in [-0.2, 0) is 20.1 Å². The Kier molecular flexibility index (Phi) is 9.73. The number of fused-ring (bicyclic) bond motifs is 11. The number of rotatable bonds is 4. The Hall–Kier alpha value is -5.45. The summed E-state index contributed by atoms with van der Waals surface area (Å²) >= 11 is 0. The van der Waals surface area contributed by atoms with Crippen LogP contribution in [-0.4, -0.2) is 18.0 Å². The molecule has 3 aromatic heterocycles. The molecule has 10 rings (SSSR count). The zero-order chi connectivity index (χ0) is 37.0. The fourth-order valence-corrected chi connectivity index (χ4v) is 8.81. The number of hydrogen-bond acceptors (Lipinski definition) is 3. The predicted molar refractivity (Wildman–Crippen MR) is 231 cm³/mol. The summed E-state index contributed by atoms with van der Waals surface area (Å²) in [7, 11) is -1.36. The van der Waals surface area contributed by atoms with E-state index in [9.17, 15) is 0 Å². The molecule has 271 valence electrons. The normalized spacial score (nSPS) is 11.7. The topological polar surface area (TPSA) is 38.9 Å². The van der Waals surface area contributed by atoms with Crippen LogP contribution in [0.4, 0.5) is 0 Å². The molecule has 0 aliphatic rings. The molecule has 5 heteroatoms. The zero-order valence-electron chi connectivity index (χ0n) is 31.6. The third-order valence-electron chi connectivity index (χ3n) is 10.6. The van der Waals surface area contributed by atoms with Gasteiger partial charge < -0.3 is 14.4 Å². The summed E-state index contributed by atoms with van der Waals surface area (Å²) in [4.78, 5) is 9.09. The van der Waals surface area contributed by atoms with Crippen molar-refractivity contribution in [3.8, 4) is 22.5 Å². The predicted octanol–water partition coefficient (Wildman–Crippen LogP) is 13.3. The van der Waals surface area contributed by atoms with Crippen molar-refractivity contribution in [2.45, 2.75) is 39.4 Å². The number of furan rings is 1. The third-order valence-corrected chi connectivity index (χ3v) is 12.6. The minimum absolute atomic E-state index is 0. The van der Waals surface area contributed by atoms with Gasteiger partial charge in [-0.05, 0) is 51.0 Å². The SMILES string of the molecule is CC(C)c1ccnc(-c2[c-]ccc3c2oc2c4ccc([Si](C)(C)C)cc4ccc32)c1.[Ir].[c-]1cc2c3ccccc3c3ccccc3c2cc1-c1ccccn1. The van der Waals surface area contributed by atoms with Gasteiger partial charge in [0.25, 0.3) is 0 Å². The molecule has 0 saturated heterocycles. The third kappa shape index (κ3) is 6.67. The smallest absolute Gasteiger partial charge is 0.128 e. The molecule has 0 fully saturated rings. The molecular formula is C50H40IrN2OSi-2. The van der Waals surface area contributed by atoms with Gasteiger partial charge in [-0.2, -0.15) is 0 Å². The van der Waals surface area contributed by atoms with Crippen LogP contribution < -0.4 is 5.19 Å². The van der Waals surface area contributed by atoms with Crippen LogP contribution in [0.1, 0.15) is 25.3 Å². The maximum Gasteiger partial charge on any atom is 0.128 e. The average Bonchev–Trinajstić information content (AvgIpc) is 3.60. The minimum Gasteiger partial charge on any atom is -0.500 e. The van der Waals surface area contributed by atoms with Gasteiger partial charge in [0.05, 0.1) is 13.7 Å². The van der Waals surface area contributed by atoms with Gasteiger partial charge in [0.2, 0.25) is 0 Å². The Morgan fingerprint density at radius 1 is 0.545 bits per heavy atom. The van der Waals surface area contributed by atoms with Crippen LogP contribution in [0.25, 0.3) is 87.5 Å². The summed E-state index contributed by atoms with van der Waals surface area (Å²) in [5.74, 6) is 0.450. The van der Waals surface area contributed by atoms with E-state index < -0.39 is 8.07 Å². The van der Waals surface area contributed by atoms with E-state index in [0.29, 0.717) is 5.92 Å². The Bertz CT molecular complexity index is 2980. The second-order valence-electron chi connectivity index (χ2n) is 15.4. The molecule has 0 N–H and O–H groups in total. The fraction of sp³-hybridized carbons (Fsp3) is 0.120. The van der Waals surface area contributed by atoms with Crippen LogP contribution in [0.15, 0.2) is 150 Å². The number of benzene rings is 7. The van der Waals surface area contributed by atoms with Crippen molar-refractivity contribution in [1.82, 2.24) is 9.97 Å². The van der Waals surface area contributed by atoms with E-state index in [1.165, 1.54) is 53.8 Å². The Balaban J connectivity index is 0.000000156. The largest absolute Gasteiger partial charge is 0.500 e. The van der Waals surface area contributed by atoms with E-state index in [4.69, 9.17) is 4.42 Å². The van der Waals surface area contributed by atoms with Crippen LogP contribution in [0.3, 0.4) is 0 Å². The molecule has 10 aromatic rings. The summed E-state index contributed by atoms with van der Waals surface area (Å²) in [6.45, 7) is 11.5. The number of nitrogens with zero attached hydrogens (tertiary/aromatic N) is 2. The van der Waals surface area contributed by atoms with E-state index >= 15 is 0 Å². The van der Waals surface area contributed by atoms with Gasteiger partial charge >= 0.3 is 0 Å². The number of pyridine rings is 2. The standard InChI is InChI=1S/C27H26NOSi.C23H14N.Ir/c1-17(2)18-13-14-28-25(16-18)24-8-6-7-22-23-11-9-19-15-20(30(3,4)5)10-12-21(19)26(23)29-27(22)24;1-2-9-19-17(7-1)18-8-3-4-10-20(18)22-15-16(12-13-21(19)22)23-11-5-6-14-24-23;/h6-7,9-17H,1-5H3;1-11,13-15H;/q2*-1;.